The van der Waals surface area contributed by atoms with E-state index >= 15 is 0 Å². The Hall–Kier alpha value is -2.93. The zero-order chi connectivity index (χ0) is 24.6. The monoisotopic (exact) mass is 460 g/mol. The largest absolute Gasteiger partial charge is 0.397 e. The number of aliphatic hydroxyl groups is 1. The lowest BCUT2D eigenvalue weighted by atomic mass is 9.83. The van der Waals surface area contributed by atoms with E-state index in [1.54, 1.807) is 24.6 Å². The number of hydrogen-bond donors (Lipinski definition) is 1. The first-order chi connectivity index (χ1) is 15.2. The third kappa shape index (κ3) is 5.53. The van der Waals surface area contributed by atoms with E-state index in [2.05, 4.69) is 5.10 Å². The van der Waals surface area contributed by atoms with E-state index in [4.69, 9.17) is 0 Å². The highest BCUT2D eigenvalue weighted by Crippen LogP contribution is 2.40. The molecule has 1 N–H and O–H groups in total. The molecule has 0 aliphatic rings. The normalized spacial score (nSPS) is 13.5. The zero-order valence-corrected chi connectivity index (χ0v) is 19.3. The van der Waals surface area contributed by atoms with Crippen molar-refractivity contribution in [1.82, 2.24) is 9.78 Å². The fraction of sp³-hybridized carbons (Fsp3) is 0.346. The Morgan fingerprint density at radius 1 is 0.970 bits per heavy atom. The molecular weight excluding hydrogens is 432 g/mol. The molecule has 0 saturated heterocycles. The predicted molar refractivity (Wildman–Crippen MR) is 122 cm³/mol. The van der Waals surface area contributed by atoms with Gasteiger partial charge in [0.1, 0.15) is 5.69 Å². The third-order valence-corrected chi connectivity index (χ3v) is 5.83. The average molecular weight is 461 g/mol. The molecule has 0 unspecified atom stereocenters. The smallest absolute Gasteiger partial charge is 0.386 e. The zero-order valence-electron chi connectivity index (χ0n) is 19.3. The van der Waals surface area contributed by atoms with Crippen LogP contribution in [0.3, 0.4) is 0 Å². The van der Waals surface area contributed by atoms with Gasteiger partial charge in [-0.25, -0.2) is 4.39 Å². The maximum Gasteiger partial charge on any atom is 0.397 e. The van der Waals surface area contributed by atoms with E-state index in [-0.39, 0.29) is 11.3 Å². The highest BCUT2D eigenvalue weighted by atomic mass is 19.4. The second-order valence-corrected chi connectivity index (χ2v) is 9.33. The van der Waals surface area contributed by atoms with Crippen LogP contribution in [0.15, 0.2) is 54.6 Å². The number of hydrogen-bond acceptors (Lipinski definition) is 2. The van der Waals surface area contributed by atoms with E-state index in [1.807, 2.05) is 31.2 Å². The van der Waals surface area contributed by atoms with Gasteiger partial charge in [0.2, 0.25) is 0 Å². The van der Waals surface area contributed by atoms with E-state index < -0.39 is 23.0 Å². The van der Waals surface area contributed by atoms with Crippen LogP contribution in [-0.4, -0.2) is 21.1 Å². The minimum Gasteiger partial charge on any atom is -0.386 e. The average Bonchev–Trinajstić information content (AvgIpc) is 3.07. The van der Waals surface area contributed by atoms with E-state index in [0.29, 0.717) is 12.1 Å². The van der Waals surface area contributed by atoms with Crippen LogP contribution in [0.1, 0.15) is 61.3 Å². The number of aryl methyl sites for hydroxylation is 1. The summed E-state index contributed by atoms with van der Waals surface area (Å²) in [7, 11) is 0. The van der Waals surface area contributed by atoms with Crippen LogP contribution in [-0.2, 0) is 17.6 Å². The van der Waals surface area contributed by atoms with Crippen LogP contribution in [0.5, 0.6) is 0 Å². The van der Waals surface area contributed by atoms with E-state index in [1.165, 1.54) is 30.3 Å². The Morgan fingerprint density at radius 2 is 1.61 bits per heavy atom. The molecule has 33 heavy (non-hydrogen) atoms. The summed E-state index contributed by atoms with van der Waals surface area (Å²) >= 11 is 0. The van der Waals surface area contributed by atoms with Crippen LogP contribution >= 0.6 is 0 Å². The summed E-state index contributed by atoms with van der Waals surface area (Å²) < 4.78 is 56.2. The van der Waals surface area contributed by atoms with E-state index in [0.717, 1.165) is 30.7 Å². The van der Waals surface area contributed by atoms with Crippen molar-refractivity contribution in [3.63, 3.8) is 0 Å². The molecule has 3 nitrogen and oxygen atoms in total. The van der Waals surface area contributed by atoms with Gasteiger partial charge in [0.05, 0.1) is 17.6 Å². The van der Waals surface area contributed by atoms with Crippen molar-refractivity contribution in [3.8, 4) is 0 Å². The molecule has 176 valence electrons. The standard InChI is InChI=1S/C26H28F4N2O/c1-17-13-23(31-32(17)16-19-7-6-8-21(14-19)25(4,5)33)22(27)15-18-9-11-20(12-10-18)24(2,3)26(28,29)30/h6-15,33H,16H2,1-5H3. The second kappa shape index (κ2) is 8.78. The van der Waals surface area contributed by atoms with Crippen molar-refractivity contribution >= 4 is 11.9 Å². The minimum absolute atomic E-state index is 0.112. The third-order valence-electron chi connectivity index (χ3n) is 5.83. The van der Waals surface area contributed by atoms with Crippen LogP contribution in [0.4, 0.5) is 17.6 Å². The van der Waals surface area contributed by atoms with Crippen LogP contribution < -0.4 is 0 Å². The van der Waals surface area contributed by atoms with Crippen molar-refractivity contribution in [1.29, 1.82) is 0 Å². The van der Waals surface area contributed by atoms with Gasteiger partial charge in [-0.3, -0.25) is 4.68 Å². The van der Waals surface area contributed by atoms with Crippen LogP contribution in [0.25, 0.3) is 11.9 Å². The molecule has 0 atom stereocenters. The summed E-state index contributed by atoms with van der Waals surface area (Å²) in [5, 5.41) is 14.6. The molecule has 1 aromatic heterocycles. The summed E-state index contributed by atoms with van der Waals surface area (Å²) in [6.45, 7) is 7.87. The molecule has 0 aliphatic heterocycles. The maximum atomic E-state index is 14.9. The molecular formula is C26H28F4N2O. The predicted octanol–water partition coefficient (Wildman–Crippen LogP) is 6.77. The molecule has 0 saturated carbocycles. The molecule has 0 amide bonds. The molecule has 0 spiro atoms. The number of nitrogens with zero attached hydrogens (tertiary/aromatic N) is 2. The molecule has 3 aromatic rings. The fourth-order valence-corrected chi connectivity index (χ4v) is 3.39. The maximum absolute atomic E-state index is 14.9. The minimum atomic E-state index is -4.38. The quantitative estimate of drug-likeness (QED) is 0.412. The number of aromatic nitrogens is 2. The molecule has 0 radical (unpaired) electrons. The van der Waals surface area contributed by atoms with Gasteiger partial charge < -0.3 is 5.11 Å². The number of benzene rings is 2. The molecule has 0 fully saturated rings. The lowest BCUT2D eigenvalue weighted by Gasteiger charge is -2.28. The molecule has 1 heterocycles. The van der Waals surface area contributed by atoms with Gasteiger partial charge in [-0.2, -0.15) is 18.3 Å². The van der Waals surface area contributed by atoms with Gasteiger partial charge in [-0.15, -0.1) is 0 Å². The lowest BCUT2D eigenvalue weighted by Crippen LogP contribution is -2.36. The van der Waals surface area contributed by atoms with Crippen molar-refractivity contribution in [3.05, 3.63) is 88.2 Å². The number of rotatable bonds is 6. The van der Waals surface area contributed by atoms with Gasteiger partial charge >= 0.3 is 6.18 Å². The Balaban J connectivity index is 1.81. The van der Waals surface area contributed by atoms with Gasteiger partial charge in [-0.05, 0) is 69.0 Å². The lowest BCUT2D eigenvalue weighted by molar-refractivity contribution is -0.180. The van der Waals surface area contributed by atoms with Crippen molar-refractivity contribution in [2.45, 2.75) is 58.4 Å². The Kier molecular flexibility index (Phi) is 6.58. The molecule has 3 rings (SSSR count). The Labute approximate surface area is 191 Å². The van der Waals surface area contributed by atoms with Gasteiger partial charge in [0.15, 0.2) is 5.83 Å². The molecule has 2 aromatic carbocycles. The summed E-state index contributed by atoms with van der Waals surface area (Å²) in [6.07, 6.45) is -3.13. The van der Waals surface area contributed by atoms with Gasteiger partial charge in [0.25, 0.3) is 0 Å². The second-order valence-electron chi connectivity index (χ2n) is 9.33. The van der Waals surface area contributed by atoms with Crippen molar-refractivity contribution in [2.24, 2.45) is 0 Å². The Morgan fingerprint density at radius 3 is 2.18 bits per heavy atom. The summed E-state index contributed by atoms with van der Waals surface area (Å²) in [5.41, 5.74) is 0.176. The van der Waals surface area contributed by atoms with Gasteiger partial charge in [-0.1, -0.05) is 48.5 Å². The SMILES string of the molecule is Cc1cc(C(F)=Cc2ccc(C(C)(C)C(F)(F)F)cc2)nn1Cc1cccc(C(C)(C)O)c1. The fourth-order valence-electron chi connectivity index (χ4n) is 3.39. The highest BCUT2D eigenvalue weighted by Gasteiger charge is 2.48. The highest BCUT2D eigenvalue weighted by molar-refractivity contribution is 5.75. The van der Waals surface area contributed by atoms with Gasteiger partial charge in [0, 0.05) is 5.69 Å². The summed E-state index contributed by atoms with van der Waals surface area (Å²) in [5.74, 6) is -0.579. The molecule has 7 heteroatoms. The van der Waals surface area contributed by atoms with Crippen LogP contribution in [0.2, 0.25) is 0 Å². The number of alkyl halides is 3. The first-order valence-corrected chi connectivity index (χ1v) is 10.6. The summed E-state index contributed by atoms with van der Waals surface area (Å²) in [4.78, 5) is 0. The first-order valence-electron chi connectivity index (χ1n) is 10.6. The molecule has 0 bridgehead atoms. The number of halogens is 4. The Bertz CT molecular complexity index is 1150. The summed E-state index contributed by atoms with van der Waals surface area (Å²) in [6, 6.07) is 14.8. The molecule has 0 aliphatic carbocycles. The van der Waals surface area contributed by atoms with Crippen LogP contribution in [0, 0.1) is 6.92 Å². The topological polar surface area (TPSA) is 38.0 Å². The van der Waals surface area contributed by atoms with E-state index in [9.17, 15) is 22.7 Å². The first kappa shape index (κ1) is 24.7. The van der Waals surface area contributed by atoms with Crippen molar-refractivity contribution < 1.29 is 22.7 Å². The van der Waals surface area contributed by atoms with Crippen molar-refractivity contribution in [2.75, 3.05) is 0 Å².